The van der Waals surface area contributed by atoms with Gasteiger partial charge in [-0.15, -0.1) is 0 Å². The van der Waals surface area contributed by atoms with Crippen LogP contribution in [0.15, 0.2) is 16.6 Å². The van der Waals surface area contributed by atoms with Gasteiger partial charge in [-0.2, -0.15) is 13.2 Å². The SMILES string of the molecule is CC(=O)c1cc(Br)c(C(F)(F)F)c([N+](=O)[O-])c1. The van der Waals surface area contributed by atoms with Gasteiger partial charge in [-0.3, -0.25) is 14.9 Å². The fraction of sp³-hybridized carbons (Fsp3) is 0.222. The Morgan fingerprint density at radius 3 is 2.29 bits per heavy atom. The van der Waals surface area contributed by atoms with E-state index < -0.39 is 32.6 Å². The van der Waals surface area contributed by atoms with Gasteiger partial charge in [0.2, 0.25) is 0 Å². The third kappa shape index (κ3) is 2.82. The van der Waals surface area contributed by atoms with Crippen molar-refractivity contribution in [1.82, 2.24) is 0 Å². The predicted octanol–water partition coefficient (Wildman–Crippen LogP) is 3.58. The molecular formula is C9H5BrF3NO3. The molecule has 92 valence electrons. The first-order valence-corrected chi connectivity index (χ1v) is 5.00. The van der Waals surface area contributed by atoms with Crippen LogP contribution in [0.4, 0.5) is 18.9 Å². The minimum atomic E-state index is -4.86. The van der Waals surface area contributed by atoms with Crippen LogP contribution in [0, 0.1) is 10.1 Å². The zero-order valence-corrected chi connectivity index (χ0v) is 9.92. The van der Waals surface area contributed by atoms with Gasteiger partial charge in [0.15, 0.2) is 5.78 Å². The third-order valence-electron chi connectivity index (χ3n) is 1.96. The molecule has 4 nitrogen and oxygen atoms in total. The predicted molar refractivity (Wildman–Crippen MR) is 55.8 cm³/mol. The maximum absolute atomic E-state index is 12.6. The van der Waals surface area contributed by atoms with Crippen LogP contribution in [-0.2, 0) is 6.18 Å². The monoisotopic (exact) mass is 311 g/mol. The molecule has 17 heavy (non-hydrogen) atoms. The van der Waals surface area contributed by atoms with Crippen molar-refractivity contribution in [3.63, 3.8) is 0 Å². The summed E-state index contributed by atoms with van der Waals surface area (Å²) in [5.74, 6) is -0.553. The highest BCUT2D eigenvalue weighted by molar-refractivity contribution is 9.10. The molecule has 0 aliphatic carbocycles. The van der Waals surface area contributed by atoms with Gasteiger partial charge in [-0.05, 0) is 28.9 Å². The summed E-state index contributed by atoms with van der Waals surface area (Å²) in [6.45, 7) is 1.11. The zero-order valence-electron chi connectivity index (χ0n) is 8.34. The van der Waals surface area contributed by atoms with Crippen LogP contribution in [0.25, 0.3) is 0 Å². The molecule has 0 aliphatic heterocycles. The molecule has 0 aromatic heterocycles. The standard InChI is InChI=1S/C9H5BrF3NO3/c1-4(15)5-2-6(10)8(9(11,12)13)7(3-5)14(16)17/h2-3H,1H3. The summed E-state index contributed by atoms with van der Waals surface area (Å²) in [7, 11) is 0. The van der Waals surface area contributed by atoms with Crippen LogP contribution in [0.1, 0.15) is 22.8 Å². The highest BCUT2D eigenvalue weighted by atomic mass is 79.9. The number of carbonyl (C=O) groups excluding carboxylic acids is 1. The molecule has 1 aromatic carbocycles. The molecule has 0 N–H and O–H groups in total. The third-order valence-corrected chi connectivity index (χ3v) is 2.58. The number of carbonyl (C=O) groups is 1. The van der Waals surface area contributed by atoms with Gasteiger partial charge in [0, 0.05) is 16.1 Å². The van der Waals surface area contributed by atoms with Crippen molar-refractivity contribution in [1.29, 1.82) is 0 Å². The maximum Gasteiger partial charge on any atom is 0.424 e. The lowest BCUT2D eigenvalue weighted by Gasteiger charge is -2.10. The van der Waals surface area contributed by atoms with Crippen LogP contribution in [0.3, 0.4) is 0 Å². The lowest BCUT2D eigenvalue weighted by molar-refractivity contribution is -0.388. The van der Waals surface area contributed by atoms with Gasteiger partial charge < -0.3 is 0 Å². The van der Waals surface area contributed by atoms with Crippen molar-refractivity contribution in [2.24, 2.45) is 0 Å². The van der Waals surface area contributed by atoms with E-state index in [1.54, 1.807) is 0 Å². The zero-order chi connectivity index (χ0) is 13.4. The summed E-state index contributed by atoms with van der Waals surface area (Å²) in [5, 5.41) is 10.6. The molecule has 0 fully saturated rings. The van der Waals surface area contributed by atoms with E-state index in [2.05, 4.69) is 15.9 Å². The molecule has 0 unspecified atom stereocenters. The number of halogens is 4. The first-order valence-electron chi connectivity index (χ1n) is 4.20. The number of alkyl halides is 3. The quantitative estimate of drug-likeness (QED) is 0.476. The second kappa shape index (κ2) is 4.44. The molecular weight excluding hydrogens is 307 g/mol. The fourth-order valence-corrected chi connectivity index (χ4v) is 1.89. The van der Waals surface area contributed by atoms with E-state index >= 15 is 0 Å². The number of nitro benzene ring substituents is 1. The molecule has 0 radical (unpaired) electrons. The summed E-state index contributed by atoms with van der Waals surface area (Å²) in [6.07, 6.45) is -4.86. The number of rotatable bonds is 2. The molecule has 0 amide bonds. The molecule has 0 saturated heterocycles. The molecule has 8 heteroatoms. The first kappa shape index (κ1) is 13.6. The number of nitrogens with zero attached hydrogens (tertiary/aromatic N) is 1. The lowest BCUT2D eigenvalue weighted by Crippen LogP contribution is -2.11. The normalized spacial score (nSPS) is 11.4. The minimum Gasteiger partial charge on any atom is -0.295 e. The molecule has 0 heterocycles. The Morgan fingerprint density at radius 1 is 1.41 bits per heavy atom. The maximum atomic E-state index is 12.6. The Labute approximate surface area is 102 Å². The second-order valence-corrected chi connectivity index (χ2v) is 4.02. The fourth-order valence-electron chi connectivity index (χ4n) is 1.22. The van der Waals surface area contributed by atoms with E-state index in [9.17, 15) is 28.1 Å². The van der Waals surface area contributed by atoms with E-state index in [4.69, 9.17) is 0 Å². The average molecular weight is 312 g/mol. The molecule has 1 rings (SSSR count). The highest BCUT2D eigenvalue weighted by Crippen LogP contribution is 2.41. The number of nitro groups is 1. The molecule has 0 saturated carbocycles. The van der Waals surface area contributed by atoms with Gasteiger partial charge in [-0.25, -0.2) is 0 Å². The second-order valence-electron chi connectivity index (χ2n) is 3.16. The van der Waals surface area contributed by atoms with E-state index in [-0.39, 0.29) is 5.56 Å². The summed E-state index contributed by atoms with van der Waals surface area (Å²) >= 11 is 2.59. The van der Waals surface area contributed by atoms with Crippen LogP contribution >= 0.6 is 15.9 Å². The van der Waals surface area contributed by atoms with Gasteiger partial charge in [-0.1, -0.05) is 0 Å². The van der Waals surface area contributed by atoms with Crippen molar-refractivity contribution in [2.75, 3.05) is 0 Å². The van der Waals surface area contributed by atoms with Crippen molar-refractivity contribution >= 4 is 27.4 Å². The van der Waals surface area contributed by atoms with Crippen LogP contribution in [-0.4, -0.2) is 10.7 Å². The van der Waals surface area contributed by atoms with Crippen molar-refractivity contribution in [3.8, 4) is 0 Å². The molecule has 0 aliphatic rings. The van der Waals surface area contributed by atoms with E-state index in [1.165, 1.54) is 0 Å². The Balaban J connectivity index is 3.61. The lowest BCUT2D eigenvalue weighted by atomic mass is 10.1. The summed E-state index contributed by atoms with van der Waals surface area (Å²) in [6, 6.07) is 1.54. The number of hydrogen-bond donors (Lipinski definition) is 0. The number of benzene rings is 1. The van der Waals surface area contributed by atoms with Gasteiger partial charge >= 0.3 is 6.18 Å². The molecule has 0 spiro atoms. The highest BCUT2D eigenvalue weighted by Gasteiger charge is 2.41. The van der Waals surface area contributed by atoms with E-state index in [0.29, 0.717) is 6.07 Å². The van der Waals surface area contributed by atoms with Crippen LogP contribution < -0.4 is 0 Å². The summed E-state index contributed by atoms with van der Waals surface area (Å²) in [5.41, 5.74) is -2.69. The molecule has 0 bridgehead atoms. The molecule has 1 aromatic rings. The van der Waals surface area contributed by atoms with Crippen molar-refractivity contribution in [3.05, 3.63) is 37.8 Å². The van der Waals surface area contributed by atoms with Gasteiger partial charge in [0.1, 0.15) is 5.56 Å². The van der Waals surface area contributed by atoms with Gasteiger partial charge in [0.05, 0.1) is 4.92 Å². The number of ketones is 1. The Bertz CT molecular complexity index is 499. The summed E-state index contributed by atoms with van der Waals surface area (Å²) < 4.78 is 37.2. The van der Waals surface area contributed by atoms with Crippen molar-refractivity contribution in [2.45, 2.75) is 13.1 Å². The molecule has 0 atom stereocenters. The first-order chi connectivity index (χ1) is 7.64. The Morgan fingerprint density at radius 2 is 1.94 bits per heavy atom. The Kier molecular flexibility index (Phi) is 3.56. The average Bonchev–Trinajstić information content (AvgIpc) is 2.13. The van der Waals surface area contributed by atoms with Crippen LogP contribution in [0.2, 0.25) is 0 Å². The topological polar surface area (TPSA) is 60.2 Å². The summed E-state index contributed by atoms with van der Waals surface area (Å²) in [4.78, 5) is 20.4. The number of hydrogen-bond acceptors (Lipinski definition) is 3. The Hall–Kier alpha value is -1.44. The minimum absolute atomic E-state index is 0.156. The smallest absolute Gasteiger partial charge is 0.295 e. The van der Waals surface area contributed by atoms with Crippen molar-refractivity contribution < 1.29 is 22.9 Å². The van der Waals surface area contributed by atoms with Gasteiger partial charge in [0.25, 0.3) is 5.69 Å². The van der Waals surface area contributed by atoms with Crippen LogP contribution in [0.5, 0.6) is 0 Å². The van der Waals surface area contributed by atoms with E-state index in [1.807, 2.05) is 0 Å². The van der Waals surface area contributed by atoms with E-state index in [0.717, 1.165) is 13.0 Å². The number of Topliss-reactive ketones (excluding diaryl/α,β-unsaturated/α-hetero) is 1. The largest absolute Gasteiger partial charge is 0.424 e.